The van der Waals surface area contributed by atoms with Gasteiger partial charge in [-0.15, -0.1) is 0 Å². The second-order valence-corrected chi connectivity index (χ2v) is 14.7. The maximum atomic E-state index is 17.2. The zero-order valence-electron chi connectivity index (χ0n) is 26.9. The van der Waals surface area contributed by atoms with Crippen molar-refractivity contribution in [1.82, 2.24) is 30.0 Å². The third kappa shape index (κ3) is 5.34. The lowest BCUT2D eigenvalue weighted by Crippen LogP contribution is -2.51. The Bertz CT molecular complexity index is 1960. The highest BCUT2D eigenvalue weighted by molar-refractivity contribution is 6.33. The van der Waals surface area contributed by atoms with Gasteiger partial charge in [0.2, 0.25) is 0 Å². The molecule has 4 fully saturated rings. The van der Waals surface area contributed by atoms with Crippen molar-refractivity contribution in [3.63, 3.8) is 0 Å². The van der Waals surface area contributed by atoms with Crippen molar-refractivity contribution in [2.24, 2.45) is 5.41 Å². The van der Waals surface area contributed by atoms with Gasteiger partial charge in [0.05, 0.1) is 42.5 Å². The molecular formula is C34H36ClF2N7O5. The highest BCUT2D eigenvalue weighted by Crippen LogP contribution is 2.47. The van der Waals surface area contributed by atoms with E-state index in [4.69, 9.17) is 40.5 Å². The molecular weight excluding hydrogens is 660 g/mol. The fraction of sp³-hybridized carbons (Fsp3) is 0.559. The number of halogens is 3. The number of hydrogen-bond donors (Lipinski definition) is 1. The number of rotatable bonds is 3. The molecule has 3 saturated heterocycles. The third-order valence-corrected chi connectivity index (χ3v) is 11.4. The molecule has 11 rings (SSSR count). The Morgan fingerprint density at radius 1 is 1.12 bits per heavy atom. The van der Waals surface area contributed by atoms with Gasteiger partial charge in [-0.05, 0) is 56.7 Å². The molecule has 0 unspecified atom stereocenters. The average Bonchev–Trinajstić information content (AvgIpc) is 3.71. The monoisotopic (exact) mass is 695 g/mol. The second kappa shape index (κ2) is 11.9. The molecule has 6 aliphatic heterocycles. The van der Waals surface area contributed by atoms with E-state index in [9.17, 15) is 9.18 Å². The molecule has 1 aromatic carbocycles. The van der Waals surface area contributed by atoms with E-state index in [1.807, 2.05) is 0 Å². The minimum Gasteiger partial charge on any atom is -0.461 e. The van der Waals surface area contributed by atoms with Crippen LogP contribution in [0, 0.1) is 11.2 Å². The first-order valence-corrected chi connectivity index (χ1v) is 17.4. The predicted molar refractivity (Wildman–Crippen MR) is 175 cm³/mol. The van der Waals surface area contributed by atoms with Gasteiger partial charge in [0, 0.05) is 53.6 Å². The molecule has 15 heteroatoms. The van der Waals surface area contributed by atoms with Gasteiger partial charge in [-0.2, -0.15) is 15.1 Å². The van der Waals surface area contributed by atoms with Crippen LogP contribution in [0.15, 0.2) is 18.5 Å². The van der Waals surface area contributed by atoms with Crippen molar-refractivity contribution in [3.8, 4) is 17.3 Å². The normalized spacial score (nSPS) is 28.8. The number of benzene rings is 1. The van der Waals surface area contributed by atoms with Gasteiger partial charge in [0.25, 0.3) is 0 Å². The minimum absolute atomic E-state index is 0.0213. The molecule has 1 saturated carbocycles. The van der Waals surface area contributed by atoms with Crippen LogP contribution in [0.25, 0.3) is 33.1 Å². The lowest BCUT2D eigenvalue weighted by Gasteiger charge is -2.47. The molecule has 7 bridgehead atoms. The summed E-state index contributed by atoms with van der Waals surface area (Å²) in [4.78, 5) is 31.1. The highest BCUT2D eigenvalue weighted by atomic mass is 35.5. The number of anilines is 1. The molecule has 9 heterocycles. The van der Waals surface area contributed by atoms with Crippen molar-refractivity contribution < 1.29 is 32.5 Å². The van der Waals surface area contributed by atoms with Crippen molar-refractivity contribution in [3.05, 3.63) is 34.9 Å². The fourth-order valence-electron chi connectivity index (χ4n) is 8.75. The summed E-state index contributed by atoms with van der Waals surface area (Å²) in [5, 5.41) is 8.59. The summed E-state index contributed by atoms with van der Waals surface area (Å²) in [6.45, 7) is 3.44. The third-order valence-electron chi connectivity index (χ3n) is 11.0. The molecule has 1 spiro atoms. The van der Waals surface area contributed by atoms with Crippen LogP contribution < -0.4 is 9.64 Å². The molecule has 258 valence electrons. The number of alkyl halides is 1. The van der Waals surface area contributed by atoms with E-state index in [0.717, 1.165) is 19.4 Å². The van der Waals surface area contributed by atoms with Crippen molar-refractivity contribution >= 4 is 45.4 Å². The van der Waals surface area contributed by atoms with E-state index in [1.54, 1.807) is 18.5 Å². The summed E-state index contributed by atoms with van der Waals surface area (Å²) in [5.74, 6) is -0.170. The van der Waals surface area contributed by atoms with Gasteiger partial charge in [0.1, 0.15) is 35.9 Å². The number of pyridine rings is 1. The number of hydrogen-bond acceptors (Lipinski definition) is 11. The fourth-order valence-corrected chi connectivity index (χ4v) is 9.05. The standard InChI is InChI=1S/C34H36ClF2N7O5/c35-24-9-25-22(14-39-42-25)26-21(24)3-1-7-47-32(45)49-20-11-33(12-20)16-43(6-8-46-17-33)30-23-13-38-29(26)27(37)28(23)40-31(41-30)48-18-34-4-2-5-44(34)15-19(36)10-34/h9,13-14,19-20H,1-8,10-12,15-18H2,(H,39,42)/t19-,20?,33?,34+/m1/s1. The van der Waals surface area contributed by atoms with Gasteiger partial charge >= 0.3 is 12.2 Å². The Morgan fingerprint density at radius 3 is 2.92 bits per heavy atom. The highest BCUT2D eigenvalue weighted by Gasteiger charge is 2.50. The first-order valence-electron chi connectivity index (χ1n) is 17.0. The number of nitrogens with one attached hydrogen (secondary N) is 1. The summed E-state index contributed by atoms with van der Waals surface area (Å²) >= 11 is 6.81. The van der Waals surface area contributed by atoms with Crippen LogP contribution in [0.2, 0.25) is 5.02 Å². The predicted octanol–water partition coefficient (Wildman–Crippen LogP) is 5.40. The first-order chi connectivity index (χ1) is 23.8. The van der Waals surface area contributed by atoms with Gasteiger partial charge < -0.3 is 23.8 Å². The maximum Gasteiger partial charge on any atom is 0.508 e. The summed E-state index contributed by atoms with van der Waals surface area (Å²) in [6.07, 6.45) is 5.43. The van der Waals surface area contributed by atoms with E-state index < -0.39 is 23.7 Å². The first kappa shape index (κ1) is 31.1. The van der Waals surface area contributed by atoms with Gasteiger partial charge in [-0.25, -0.2) is 13.6 Å². The van der Waals surface area contributed by atoms with Crippen molar-refractivity contribution in [2.75, 3.05) is 57.5 Å². The van der Waals surface area contributed by atoms with Crippen LogP contribution >= 0.6 is 11.6 Å². The zero-order valence-corrected chi connectivity index (χ0v) is 27.6. The zero-order chi connectivity index (χ0) is 33.3. The summed E-state index contributed by atoms with van der Waals surface area (Å²) in [5.41, 5.74) is 1.12. The number of nitrogens with zero attached hydrogens (tertiary/aromatic N) is 6. The number of aromatic nitrogens is 5. The number of ether oxygens (including phenoxy) is 4. The Balaban J connectivity index is 1.20. The molecule has 1 aliphatic carbocycles. The van der Waals surface area contributed by atoms with Crippen molar-refractivity contribution in [2.45, 2.75) is 62.8 Å². The van der Waals surface area contributed by atoms with E-state index in [0.29, 0.717) is 103 Å². The Kier molecular flexibility index (Phi) is 7.54. The quantitative estimate of drug-likeness (QED) is 0.277. The van der Waals surface area contributed by atoms with Crippen molar-refractivity contribution in [1.29, 1.82) is 0 Å². The van der Waals surface area contributed by atoms with E-state index in [2.05, 4.69) is 25.0 Å². The lowest BCUT2D eigenvalue weighted by atomic mass is 9.67. The van der Waals surface area contributed by atoms with Crippen LogP contribution in [0.1, 0.15) is 44.1 Å². The Labute approximate surface area is 285 Å². The number of carbonyl (C=O) groups is 1. The number of H-pyrrole nitrogens is 1. The number of aromatic amines is 1. The lowest BCUT2D eigenvalue weighted by molar-refractivity contribution is -0.0895. The second-order valence-electron chi connectivity index (χ2n) is 14.2. The van der Waals surface area contributed by atoms with Crippen LogP contribution in [-0.2, 0) is 20.6 Å². The molecule has 7 aliphatic rings. The SMILES string of the molecule is O=C1OCCCc2c(Cl)cc3[nH]ncc3c2-c2ncc3c(nc(OC[C@@]45CCCN4C[C@H](F)C5)nc3c2F)N2CCOCC3(CC(C3)O1)C2. The molecule has 1 N–H and O–H groups in total. The summed E-state index contributed by atoms with van der Waals surface area (Å²) in [6, 6.07) is 1.77. The Morgan fingerprint density at radius 2 is 2.02 bits per heavy atom. The minimum atomic E-state index is -0.916. The van der Waals surface area contributed by atoms with Gasteiger partial charge in [-0.1, -0.05) is 11.6 Å². The molecule has 0 amide bonds. The number of fused-ring (bicyclic) bond motifs is 2. The Hall–Kier alpha value is -3.88. The average molecular weight is 696 g/mol. The topological polar surface area (TPSA) is 128 Å². The molecule has 2 atom stereocenters. The molecule has 4 aromatic rings. The smallest absolute Gasteiger partial charge is 0.461 e. The van der Waals surface area contributed by atoms with Gasteiger partial charge in [-0.3, -0.25) is 15.0 Å². The summed E-state index contributed by atoms with van der Waals surface area (Å²) in [7, 11) is 0. The molecule has 0 radical (unpaired) electrons. The van der Waals surface area contributed by atoms with Gasteiger partial charge in [0.15, 0.2) is 5.82 Å². The van der Waals surface area contributed by atoms with E-state index >= 15 is 4.39 Å². The van der Waals surface area contributed by atoms with Crippen LogP contribution in [-0.4, -0.2) is 107 Å². The van der Waals surface area contributed by atoms with Crippen LogP contribution in [0.5, 0.6) is 6.01 Å². The maximum absolute atomic E-state index is 17.2. The molecule has 49 heavy (non-hydrogen) atoms. The van der Waals surface area contributed by atoms with Crippen LogP contribution in [0.3, 0.4) is 0 Å². The number of carbonyl (C=O) groups excluding carboxylic acids is 1. The van der Waals surface area contributed by atoms with E-state index in [1.165, 1.54) is 0 Å². The molecule has 12 nitrogen and oxygen atoms in total. The molecule has 3 aromatic heterocycles. The largest absolute Gasteiger partial charge is 0.508 e. The summed E-state index contributed by atoms with van der Waals surface area (Å²) < 4.78 is 55.2. The van der Waals surface area contributed by atoms with E-state index in [-0.39, 0.29) is 42.0 Å². The van der Waals surface area contributed by atoms with Crippen LogP contribution in [0.4, 0.5) is 19.4 Å².